The Morgan fingerprint density at radius 1 is 1.36 bits per heavy atom. The lowest BCUT2D eigenvalue weighted by Gasteiger charge is -2.38. The molecule has 124 valence electrons. The van der Waals surface area contributed by atoms with Crippen molar-refractivity contribution in [3.63, 3.8) is 0 Å². The van der Waals surface area contributed by atoms with E-state index in [-0.39, 0.29) is 11.4 Å². The molecular formula is C15H25N3O3S. The van der Waals surface area contributed by atoms with Crippen LogP contribution in [0.1, 0.15) is 31.2 Å². The second-order valence-electron chi connectivity index (χ2n) is 5.66. The molecule has 0 aromatic heterocycles. The quantitative estimate of drug-likeness (QED) is 0.817. The van der Waals surface area contributed by atoms with Gasteiger partial charge in [-0.3, -0.25) is 0 Å². The number of primary sulfonamides is 1. The molecule has 1 fully saturated rings. The lowest BCUT2D eigenvalue weighted by Crippen LogP contribution is -2.41. The fourth-order valence-electron chi connectivity index (χ4n) is 3.05. The average Bonchev–Trinajstić information content (AvgIpc) is 2.51. The van der Waals surface area contributed by atoms with E-state index in [0.29, 0.717) is 12.6 Å². The monoisotopic (exact) mass is 327 g/mol. The summed E-state index contributed by atoms with van der Waals surface area (Å²) in [6.45, 7) is 1.96. The van der Waals surface area contributed by atoms with Gasteiger partial charge in [-0.1, -0.05) is 0 Å². The van der Waals surface area contributed by atoms with Crippen molar-refractivity contribution >= 4 is 15.7 Å². The van der Waals surface area contributed by atoms with Crippen LogP contribution in [0, 0.1) is 0 Å². The van der Waals surface area contributed by atoms with E-state index < -0.39 is 10.0 Å². The first-order valence-electron chi connectivity index (χ1n) is 7.58. The Balaban J connectivity index is 2.32. The smallest absolute Gasteiger partial charge is 0.238 e. The molecule has 4 N–H and O–H groups in total. The molecule has 1 saturated heterocycles. The third-order valence-corrected chi connectivity index (χ3v) is 5.10. The first-order chi connectivity index (χ1) is 10.5. The van der Waals surface area contributed by atoms with Gasteiger partial charge < -0.3 is 15.4 Å². The third kappa shape index (κ3) is 3.98. The highest BCUT2D eigenvalue weighted by molar-refractivity contribution is 7.89. The van der Waals surface area contributed by atoms with Crippen LogP contribution < -0.4 is 15.8 Å². The zero-order valence-corrected chi connectivity index (χ0v) is 13.8. The van der Waals surface area contributed by atoms with Crippen LogP contribution in [0.25, 0.3) is 0 Å². The minimum Gasteiger partial charge on any atom is -0.385 e. The fraction of sp³-hybridized carbons (Fsp3) is 0.600. The number of anilines is 1. The van der Waals surface area contributed by atoms with E-state index in [1.807, 2.05) is 6.07 Å². The van der Waals surface area contributed by atoms with Gasteiger partial charge in [0.1, 0.15) is 0 Å². The van der Waals surface area contributed by atoms with Gasteiger partial charge in [0.25, 0.3) is 0 Å². The average molecular weight is 327 g/mol. The van der Waals surface area contributed by atoms with Crippen molar-refractivity contribution in [3.8, 4) is 0 Å². The molecule has 0 bridgehead atoms. The molecule has 1 aromatic rings. The Labute approximate surface area is 132 Å². The fourth-order valence-corrected chi connectivity index (χ4v) is 3.62. The number of methoxy groups -OCH3 is 1. The summed E-state index contributed by atoms with van der Waals surface area (Å²) in [7, 11) is -2.00. The SMILES string of the molecule is COCCC1CCCCN1c1ccc(S(N)(=O)=O)cc1CN. The van der Waals surface area contributed by atoms with Crippen LogP contribution in [-0.4, -0.2) is 34.7 Å². The normalized spacial score (nSPS) is 19.4. The largest absolute Gasteiger partial charge is 0.385 e. The predicted molar refractivity (Wildman–Crippen MR) is 87.2 cm³/mol. The lowest BCUT2D eigenvalue weighted by molar-refractivity contribution is 0.182. The summed E-state index contributed by atoms with van der Waals surface area (Å²) < 4.78 is 28.2. The van der Waals surface area contributed by atoms with E-state index in [1.165, 1.54) is 6.42 Å². The maximum absolute atomic E-state index is 11.5. The Morgan fingerprint density at radius 2 is 2.14 bits per heavy atom. The van der Waals surface area contributed by atoms with Crippen molar-refractivity contribution in [3.05, 3.63) is 23.8 Å². The summed E-state index contributed by atoms with van der Waals surface area (Å²) in [5, 5.41) is 5.20. The highest BCUT2D eigenvalue weighted by atomic mass is 32.2. The number of nitrogens with zero attached hydrogens (tertiary/aromatic N) is 1. The maximum atomic E-state index is 11.5. The Hall–Kier alpha value is -1.15. The topological polar surface area (TPSA) is 98.6 Å². The van der Waals surface area contributed by atoms with Crippen molar-refractivity contribution < 1.29 is 13.2 Å². The second kappa shape index (κ2) is 7.41. The Kier molecular flexibility index (Phi) is 5.80. The van der Waals surface area contributed by atoms with Gasteiger partial charge in [-0.2, -0.15) is 0 Å². The molecule has 1 aliphatic rings. The predicted octanol–water partition coefficient (Wildman–Crippen LogP) is 1.19. The zero-order chi connectivity index (χ0) is 16.2. The number of hydrogen-bond donors (Lipinski definition) is 2. The molecule has 6 nitrogen and oxygen atoms in total. The van der Waals surface area contributed by atoms with Crippen LogP contribution in [0.5, 0.6) is 0 Å². The van der Waals surface area contributed by atoms with Crippen molar-refractivity contribution in [1.29, 1.82) is 0 Å². The minimum atomic E-state index is -3.70. The number of nitrogens with two attached hydrogens (primary N) is 2. The molecule has 22 heavy (non-hydrogen) atoms. The van der Waals surface area contributed by atoms with Crippen molar-refractivity contribution in [2.24, 2.45) is 10.9 Å². The van der Waals surface area contributed by atoms with E-state index in [4.69, 9.17) is 15.6 Å². The number of rotatable bonds is 6. The molecule has 2 rings (SSSR count). The molecule has 7 heteroatoms. The first-order valence-corrected chi connectivity index (χ1v) is 9.13. The van der Waals surface area contributed by atoms with Gasteiger partial charge in [0, 0.05) is 38.5 Å². The summed E-state index contributed by atoms with van der Waals surface area (Å²) in [6.07, 6.45) is 4.41. The van der Waals surface area contributed by atoms with E-state index in [9.17, 15) is 8.42 Å². The van der Waals surface area contributed by atoms with Crippen LogP contribution in [0.15, 0.2) is 23.1 Å². The molecular weight excluding hydrogens is 302 g/mol. The number of hydrogen-bond acceptors (Lipinski definition) is 5. The van der Waals surface area contributed by atoms with Gasteiger partial charge in [-0.25, -0.2) is 13.6 Å². The highest BCUT2D eigenvalue weighted by Crippen LogP contribution is 2.30. The van der Waals surface area contributed by atoms with E-state index in [1.54, 1.807) is 19.2 Å². The molecule has 1 unspecified atom stereocenters. The highest BCUT2D eigenvalue weighted by Gasteiger charge is 2.24. The van der Waals surface area contributed by atoms with Crippen molar-refractivity contribution in [2.75, 3.05) is 25.2 Å². The number of sulfonamides is 1. The number of ether oxygens (including phenoxy) is 1. The minimum absolute atomic E-state index is 0.113. The molecule has 0 radical (unpaired) electrons. The molecule has 0 spiro atoms. The summed E-state index contributed by atoms with van der Waals surface area (Å²) >= 11 is 0. The van der Waals surface area contributed by atoms with E-state index in [2.05, 4.69) is 4.90 Å². The molecule has 0 amide bonds. The summed E-state index contributed by atoms with van der Waals surface area (Å²) in [5.74, 6) is 0. The van der Waals surface area contributed by atoms with Gasteiger partial charge in [0.2, 0.25) is 10.0 Å². The van der Waals surface area contributed by atoms with Crippen molar-refractivity contribution in [2.45, 2.75) is 43.2 Å². The van der Waals surface area contributed by atoms with Crippen LogP contribution in [-0.2, 0) is 21.3 Å². The van der Waals surface area contributed by atoms with Gasteiger partial charge in [-0.05, 0) is 49.4 Å². The van der Waals surface area contributed by atoms with E-state index in [0.717, 1.165) is 37.1 Å². The van der Waals surface area contributed by atoms with Gasteiger partial charge in [0.05, 0.1) is 4.90 Å². The number of piperidine rings is 1. The number of benzene rings is 1. The molecule has 0 aliphatic carbocycles. The Bertz CT molecular complexity index is 604. The maximum Gasteiger partial charge on any atom is 0.238 e. The van der Waals surface area contributed by atoms with Gasteiger partial charge >= 0.3 is 0 Å². The standard InChI is InChI=1S/C15H25N3O3S/c1-21-9-7-13-4-2-3-8-18(13)15-6-5-14(22(17,19)20)10-12(15)11-16/h5-6,10,13H,2-4,7-9,11,16H2,1H3,(H2,17,19,20). The van der Waals surface area contributed by atoms with E-state index >= 15 is 0 Å². The van der Waals surface area contributed by atoms with Gasteiger partial charge in [0.15, 0.2) is 0 Å². The molecule has 0 saturated carbocycles. The zero-order valence-electron chi connectivity index (χ0n) is 13.0. The van der Waals surface area contributed by atoms with Crippen molar-refractivity contribution in [1.82, 2.24) is 0 Å². The second-order valence-corrected chi connectivity index (χ2v) is 7.23. The Morgan fingerprint density at radius 3 is 2.77 bits per heavy atom. The lowest BCUT2D eigenvalue weighted by atomic mass is 9.97. The summed E-state index contributed by atoms with van der Waals surface area (Å²) in [5.41, 5.74) is 7.65. The summed E-state index contributed by atoms with van der Waals surface area (Å²) in [6, 6.07) is 5.38. The van der Waals surface area contributed by atoms with Crippen LogP contribution in [0.3, 0.4) is 0 Å². The van der Waals surface area contributed by atoms with Crippen LogP contribution in [0.4, 0.5) is 5.69 Å². The van der Waals surface area contributed by atoms with Gasteiger partial charge in [-0.15, -0.1) is 0 Å². The molecule has 1 heterocycles. The first kappa shape index (κ1) is 17.2. The van der Waals surface area contributed by atoms with Crippen LogP contribution in [0.2, 0.25) is 0 Å². The van der Waals surface area contributed by atoms with Crippen LogP contribution >= 0.6 is 0 Å². The third-order valence-electron chi connectivity index (χ3n) is 4.19. The molecule has 1 aromatic carbocycles. The molecule has 1 atom stereocenters. The molecule has 1 aliphatic heterocycles. The summed E-state index contributed by atoms with van der Waals surface area (Å²) in [4.78, 5) is 2.44.